The molecular formula is C10H13NO. The molecule has 2 nitrogen and oxygen atoms in total. The van der Waals surface area contributed by atoms with E-state index in [2.05, 4.69) is 4.98 Å². The normalized spacial score (nSPS) is 11.8. The summed E-state index contributed by atoms with van der Waals surface area (Å²) >= 11 is 0. The highest BCUT2D eigenvalue weighted by Crippen LogP contribution is 2.09. The molecule has 1 rings (SSSR count). The first-order valence-electron chi connectivity index (χ1n) is 3.92. The average molecular weight is 163 g/mol. The number of aromatic nitrogens is 1. The topological polar surface area (TPSA) is 33.1 Å². The van der Waals surface area contributed by atoms with Crippen LogP contribution in [0.3, 0.4) is 0 Å². The predicted octanol–water partition coefficient (Wildman–Crippen LogP) is 1.79. The summed E-state index contributed by atoms with van der Waals surface area (Å²) in [5.41, 5.74) is 3.20. The lowest BCUT2D eigenvalue weighted by molar-refractivity contribution is 0.332. The maximum atomic E-state index is 8.80. The first-order valence-corrected chi connectivity index (χ1v) is 3.92. The molecule has 0 aliphatic carbocycles. The van der Waals surface area contributed by atoms with Gasteiger partial charge in [-0.2, -0.15) is 0 Å². The van der Waals surface area contributed by atoms with Crippen molar-refractivity contribution in [2.75, 3.05) is 6.61 Å². The largest absolute Gasteiger partial charge is 0.392 e. The molecule has 0 atom stereocenters. The molecule has 2 heteroatoms. The number of aryl methyl sites for hydroxylation is 1. The maximum Gasteiger partial charge on any atom is 0.0642 e. The molecule has 0 fully saturated rings. The van der Waals surface area contributed by atoms with Gasteiger partial charge in [0.05, 0.1) is 6.61 Å². The highest BCUT2D eigenvalue weighted by Gasteiger charge is 1.93. The molecular weight excluding hydrogens is 150 g/mol. The zero-order valence-electron chi connectivity index (χ0n) is 7.41. The summed E-state index contributed by atoms with van der Waals surface area (Å²) in [7, 11) is 0. The Balaban J connectivity index is 2.96. The fourth-order valence-electron chi connectivity index (χ4n) is 0.938. The zero-order valence-corrected chi connectivity index (χ0v) is 7.41. The lowest BCUT2D eigenvalue weighted by Gasteiger charge is -1.99. The van der Waals surface area contributed by atoms with Crippen molar-refractivity contribution in [3.8, 4) is 0 Å². The molecule has 0 bridgehead atoms. The third-order valence-corrected chi connectivity index (χ3v) is 1.73. The summed E-state index contributed by atoms with van der Waals surface area (Å²) in [6.45, 7) is 4.03. The lowest BCUT2D eigenvalue weighted by atomic mass is 10.1. The minimum atomic E-state index is 0.105. The molecule has 0 aliphatic rings. The molecule has 0 saturated heterocycles. The van der Waals surface area contributed by atoms with Crippen LogP contribution in [0.25, 0.3) is 6.08 Å². The number of hydrogen-bond donors (Lipinski definition) is 1. The Kier molecular flexibility index (Phi) is 3.00. The standard InChI is InChI=1S/C10H13NO/c1-8(7-12)5-10-6-11-4-3-9(10)2/h3-6,12H,7H2,1-2H3/b8-5-. The van der Waals surface area contributed by atoms with Crippen molar-refractivity contribution >= 4 is 6.08 Å². The van der Waals surface area contributed by atoms with E-state index in [0.29, 0.717) is 0 Å². The molecule has 0 aromatic carbocycles. The Morgan fingerprint density at radius 3 is 3.00 bits per heavy atom. The smallest absolute Gasteiger partial charge is 0.0642 e. The minimum absolute atomic E-state index is 0.105. The second kappa shape index (κ2) is 4.02. The Hall–Kier alpha value is -1.15. The number of hydrogen-bond acceptors (Lipinski definition) is 2. The summed E-state index contributed by atoms with van der Waals surface area (Å²) in [4.78, 5) is 4.01. The first kappa shape index (κ1) is 8.94. The molecule has 1 aromatic heterocycles. The SMILES string of the molecule is C/C(=C/c1cnccc1C)CO. The van der Waals surface area contributed by atoms with Crippen LogP contribution in [0.5, 0.6) is 0 Å². The van der Waals surface area contributed by atoms with Crippen LogP contribution in [0.15, 0.2) is 24.0 Å². The molecule has 12 heavy (non-hydrogen) atoms. The van der Waals surface area contributed by atoms with Crippen LogP contribution in [0.4, 0.5) is 0 Å². The molecule has 0 aliphatic heterocycles. The molecule has 0 spiro atoms. The fraction of sp³-hybridized carbons (Fsp3) is 0.300. The number of aliphatic hydroxyl groups is 1. The van der Waals surface area contributed by atoms with Crippen LogP contribution >= 0.6 is 0 Å². The Morgan fingerprint density at radius 2 is 2.42 bits per heavy atom. The first-order chi connectivity index (χ1) is 5.74. The molecule has 0 radical (unpaired) electrons. The summed E-state index contributed by atoms with van der Waals surface area (Å²) in [5.74, 6) is 0. The van der Waals surface area contributed by atoms with Gasteiger partial charge in [-0.1, -0.05) is 6.08 Å². The van der Waals surface area contributed by atoms with Gasteiger partial charge in [0, 0.05) is 12.4 Å². The van der Waals surface area contributed by atoms with Gasteiger partial charge in [0.15, 0.2) is 0 Å². The van der Waals surface area contributed by atoms with Crippen molar-refractivity contribution in [2.45, 2.75) is 13.8 Å². The third-order valence-electron chi connectivity index (χ3n) is 1.73. The quantitative estimate of drug-likeness (QED) is 0.721. The average Bonchev–Trinajstić information content (AvgIpc) is 2.09. The number of aliphatic hydroxyl groups excluding tert-OH is 1. The van der Waals surface area contributed by atoms with Gasteiger partial charge in [0.1, 0.15) is 0 Å². The van der Waals surface area contributed by atoms with E-state index in [1.807, 2.05) is 26.0 Å². The van der Waals surface area contributed by atoms with E-state index in [1.54, 1.807) is 12.4 Å². The summed E-state index contributed by atoms with van der Waals surface area (Å²) in [6.07, 6.45) is 5.51. The Labute approximate surface area is 72.6 Å². The van der Waals surface area contributed by atoms with Gasteiger partial charge in [0.2, 0.25) is 0 Å². The predicted molar refractivity (Wildman–Crippen MR) is 49.7 cm³/mol. The molecule has 1 heterocycles. The molecule has 64 valence electrons. The van der Waals surface area contributed by atoms with Gasteiger partial charge in [-0.05, 0) is 36.6 Å². The van der Waals surface area contributed by atoms with Crippen molar-refractivity contribution in [3.05, 3.63) is 35.2 Å². The summed E-state index contributed by atoms with van der Waals surface area (Å²) in [5, 5.41) is 8.80. The van der Waals surface area contributed by atoms with Gasteiger partial charge in [0.25, 0.3) is 0 Å². The van der Waals surface area contributed by atoms with Crippen LogP contribution in [0.1, 0.15) is 18.1 Å². The number of pyridine rings is 1. The molecule has 1 aromatic rings. The van der Waals surface area contributed by atoms with Crippen LogP contribution in [0.2, 0.25) is 0 Å². The van der Waals surface area contributed by atoms with Gasteiger partial charge < -0.3 is 5.11 Å². The Bertz CT molecular complexity index is 292. The van der Waals surface area contributed by atoms with Crippen LogP contribution in [-0.4, -0.2) is 16.7 Å². The zero-order chi connectivity index (χ0) is 8.97. The van der Waals surface area contributed by atoms with Crippen LogP contribution in [-0.2, 0) is 0 Å². The van der Waals surface area contributed by atoms with Crippen molar-refractivity contribution in [2.24, 2.45) is 0 Å². The highest BCUT2D eigenvalue weighted by molar-refractivity contribution is 5.54. The van der Waals surface area contributed by atoms with E-state index in [9.17, 15) is 0 Å². The van der Waals surface area contributed by atoms with Gasteiger partial charge in [-0.15, -0.1) is 0 Å². The molecule has 0 amide bonds. The van der Waals surface area contributed by atoms with E-state index in [-0.39, 0.29) is 6.61 Å². The van der Waals surface area contributed by atoms with E-state index in [0.717, 1.165) is 11.1 Å². The second-order valence-electron chi connectivity index (χ2n) is 2.88. The van der Waals surface area contributed by atoms with E-state index in [4.69, 9.17) is 5.11 Å². The van der Waals surface area contributed by atoms with E-state index < -0.39 is 0 Å². The van der Waals surface area contributed by atoms with Gasteiger partial charge in [-0.3, -0.25) is 4.98 Å². The van der Waals surface area contributed by atoms with Crippen LogP contribution < -0.4 is 0 Å². The molecule has 1 N–H and O–H groups in total. The maximum absolute atomic E-state index is 8.80. The highest BCUT2D eigenvalue weighted by atomic mass is 16.3. The van der Waals surface area contributed by atoms with Crippen LogP contribution in [0, 0.1) is 6.92 Å². The van der Waals surface area contributed by atoms with Crippen molar-refractivity contribution in [3.63, 3.8) is 0 Å². The lowest BCUT2D eigenvalue weighted by Crippen LogP contribution is -1.87. The molecule has 0 unspecified atom stereocenters. The number of rotatable bonds is 2. The summed E-state index contributed by atoms with van der Waals surface area (Å²) in [6, 6.07) is 1.95. The summed E-state index contributed by atoms with van der Waals surface area (Å²) < 4.78 is 0. The van der Waals surface area contributed by atoms with E-state index in [1.165, 1.54) is 5.56 Å². The minimum Gasteiger partial charge on any atom is -0.392 e. The fourth-order valence-corrected chi connectivity index (χ4v) is 0.938. The Morgan fingerprint density at radius 1 is 1.67 bits per heavy atom. The monoisotopic (exact) mass is 163 g/mol. The molecule has 0 saturated carbocycles. The second-order valence-corrected chi connectivity index (χ2v) is 2.88. The van der Waals surface area contributed by atoms with Gasteiger partial charge >= 0.3 is 0 Å². The van der Waals surface area contributed by atoms with Crippen molar-refractivity contribution in [1.82, 2.24) is 4.98 Å². The number of nitrogens with zero attached hydrogens (tertiary/aromatic N) is 1. The van der Waals surface area contributed by atoms with Gasteiger partial charge in [-0.25, -0.2) is 0 Å². The van der Waals surface area contributed by atoms with Crippen molar-refractivity contribution in [1.29, 1.82) is 0 Å². The van der Waals surface area contributed by atoms with E-state index >= 15 is 0 Å². The van der Waals surface area contributed by atoms with Crippen molar-refractivity contribution < 1.29 is 5.11 Å². The third kappa shape index (κ3) is 2.17.